The number of nitrogens with zero attached hydrogens (tertiary/aromatic N) is 1. The summed E-state index contributed by atoms with van der Waals surface area (Å²) in [6, 6.07) is 28.0. The predicted molar refractivity (Wildman–Crippen MR) is 126 cm³/mol. The van der Waals surface area contributed by atoms with Crippen molar-refractivity contribution in [3.05, 3.63) is 107 Å². The molecule has 0 saturated heterocycles. The molecule has 1 heterocycles. The molecular formula is C27H17BrNNaO3. The standard InChI is InChI=1S/C27H18BrNO3.Na/c28-20-15-16-26(32-17-7-10-19-8-2-1-3-9-19)23(18-20)21-11-4-5-12-22(21)24-13-6-14-25(29-24)27(30)31;/h1-6,8-9,11-16,18H,17H2,(H,30,31);/q;+1/p-1. The average Bonchev–Trinajstić information content (AvgIpc) is 2.83. The van der Waals surface area contributed by atoms with Crippen molar-refractivity contribution < 1.29 is 44.2 Å². The third kappa shape index (κ3) is 6.34. The van der Waals surface area contributed by atoms with E-state index < -0.39 is 5.97 Å². The molecule has 6 heteroatoms. The second kappa shape index (κ2) is 11.8. The molecule has 0 unspecified atom stereocenters. The predicted octanol–water partition coefficient (Wildman–Crippen LogP) is 1.98. The number of carbonyl (C=O) groups is 1. The van der Waals surface area contributed by atoms with Crippen LogP contribution in [0.15, 0.2) is 95.5 Å². The summed E-state index contributed by atoms with van der Waals surface area (Å²) in [6.45, 7) is 0.226. The molecule has 0 N–H and O–H groups in total. The maximum Gasteiger partial charge on any atom is 1.00 e. The normalized spacial score (nSPS) is 9.85. The van der Waals surface area contributed by atoms with Gasteiger partial charge >= 0.3 is 29.6 Å². The molecule has 33 heavy (non-hydrogen) atoms. The maximum atomic E-state index is 11.3. The third-order valence-electron chi connectivity index (χ3n) is 4.70. The van der Waals surface area contributed by atoms with Gasteiger partial charge in [0, 0.05) is 21.2 Å². The van der Waals surface area contributed by atoms with Crippen LogP contribution < -0.4 is 39.4 Å². The zero-order chi connectivity index (χ0) is 22.3. The van der Waals surface area contributed by atoms with Gasteiger partial charge in [-0.15, -0.1) is 0 Å². The Hall–Kier alpha value is -2.88. The molecule has 0 aliphatic rings. The van der Waals surface area contributed by atoms with Crippen molar-refractivity contribution in [2.24, 2.45) is 0 Å². The largest absolute Gasteiger partial charge is 1.00 e. The van der Waals surface area contributed by atoms with Crippen LogP contribution in [0, 0.1) is 11.8 Å². The van der Waals surface area contributed by atoms with Crippen LogP contribution in [-0.2, 0) is 0 Å². The van der Waals surface area contributed by atoms with E-state index >= 15 is 0 Å². The van der Waals surface area contributed by atoms with Gasteiger partial charge in [0.1, 0.15) is 12.4 Å². The van der Waals surface area contributed by atoms with Crippen LogP contribution in [0.4, 0.5) is 0 Å². The Bertz CT molecular complexity index is 1330. The number of carbonyl (C=O) groups excluding carboxylic acids is 1. The first kappa shape index (κ1) is 24.8. The number of rotatable bonds is 5. The van der Waals surface area contributed by atoms with Crippen LogP contribution in [0.1, 0.15) is 16.1 Å². The number of carboxylic acids is 1. The second-order valence-corrected chi connectivity index (χ2v) is 7.75. The minimum Gasteiger partial charge on any atom is -0.543 e. The molecule has 3 aromatic carbocycles. The molecule has 0 bridgehead atoms. The Labute approximate surface area is 223 Å². The van der Waals surface area contributed by atoms with Gasteiger partial charge in [0.2, 0.25) is 0 Å². The van der Waals surface area contributed by atoms with Gasteiger partial charge in [0.05, 0.1) is 17.4 Å². The van der Waals surface area contributed by atoms with Crippen molar-refractivity contribution in [1.82, 2.24) is 4.98 Å². The third-order valence-corrected chi connectivity index (χ3v) is 5.19. The van der Waals surface area contributed by atoms with Crippen molar-refractivity contribution >= 4 is 21.9 Å². The number of hydrogen-bond donors (Lipinski definition) is 0. The van der Waals surface area contributed by atoms with Crippen molar-refractivity contribution in [2.45, 2.75) is 0 Å². The SMILES string of the molecule is O=C([O-])c1cccc(-c2ccccc2-c2cc(Br)ccc2OCC#Cc2ccccc2)n1.[Na+]. The molecule has 156 valence electrons. The molecule has 1 aromatic heterocycles. The van der Waals surface area contributed by atoms with Crippen LogP contribution in [-0.4, -0.2) is 17.6 Å². The van der Waals surface area contributed by atoms with Gasteiger partial charge in [0.25, 0.3) is 0 Å². The molecule has 0 spiro atoms. The van der Waals surface area contributed by atoms with Crippen LogP contribution >= 0.6 is 15.9 Å². The molecule has 0 atom stereocenters. The first-order valence-corrected chi connectivity index (χ1v) is 10.7. The Morgan fingerprint density at radius 3 is 2.36 bits per heavy atom. The summed E-state index contributed by atoms with van der Waals surface area (Å²) in [6.07, 6.45) is 0. The van der Waals surface area contributed by atoms with Gasteiger partial charge in [-0.2, -0.15) is 0 Å². The number of hydrogen-bond acceptors (Lipinski definition) is 4. The van der Waals surface area contributed by atoms with Crippen LogP contribution in [0.25, 0.3) is 22.4 Å². The van der Waals surface area contributed by atoms with Gasteiger partial charge in [-0.3, -0.25) is 0 Å². The summed E-state index contributed by atoms with van der Waals surface area (Å²) < 4.78 is 6.89. The monoisotopic (exact) mass is 505 g/mol. The molecule has 0 fully saturated rings. The summed E-state index contributed by atoms with van der Waals surface area (Å²) in [4.78, 5) is 15.5. The summed E-state index contributed by atoms with van der Waals surface area (Å²) in [5.74, 6) is 5.48. The number of halogens is 1. The van der Waals surface area contributed by atoms with Crippen LogP contribution in [0.5, 0.6) is 5.75 Å². The summed E-state index contributed by atoms with van der Waals surface area (Å²) in [5, 5.41) is 11.3. The summed E-state index contributed by atoms with van der Waals surface area (Å²) in [5.41, 5.74) is 3.85. The molecule has 0 aliphatic heterocycles. The van der Waals surface area contributed by atoms with E-state index in [1.807, 2.05) is 72.8 Å². The van der Waals surface area contributed by atoms with E-state index in [4.69, 9.17) is 4.74 Å². The molecule has 0 aliphatic carbocycles. The summed E-state index contributed by atoms with van der Waals surface area (Å²) >= 11 is 3.53. The number of carboxylic acid groups (broad SMARTS) is 1. The molecule has 0 amide bonds. The van der Waals surface area contributed by atoms with Crippen LogP contribution in [0.2, 0.25) is 0 Å². The Morgan fingerprint density at radius 1 is 0.879 bits per heavy atom. The number of aromatic carboxylic acids is 1. The van der Waals surface area contributed by atoms with Gasteiger partial charge in [-0.25, -0.2) is 4.98 Å². The zero-order valence-electron chi connectivity index (χ0n) is 17.9. The van der Waals surface area contributed by atoms with Gasteiger partial charge < -0.3 is 14.6 Å². The minimum absolute atomic E-state index is 0. The first-order chi connectivity index (χ1) is 15.6. The van der Waals surface area contributed by atoms with Gasteiger partial charge in [0.15, 0.2) is 0 Å². The fourth-order valence-electron chi connectivity index (χ4n) is 3.25. The fourth-order valence-corrected chi connectivity index (χ4v) is 3.61. The number of aromatic nitrogens is 1. The van der Waals surface area contributed by atoms with E-state index in [2.05, 4.69) is 32.8 Å². The molecular weight excluding hydrogens is 489 g/mol. The van der Waals surface area contributed by atoms with Crippen LogP contribution in [0.3, 0.4) is 0 Å². The number of pyridine rings is 1. The van der Waals surface area contributed by atoms with E-state index in [1.165, 1.54) is 6.07 Å². The van der Waals surface area contributed by atoms with E-state index in [1.54, 1.807) is 12.1 Å². The summed E-state index contributed by atoms with van der Waals surface area (Å²) in [7, 11) is 0. The number of ether oxygens (including phenoxy) is 1. The smallest absolute Gasteiger partial charge is 0.543 e. The van der Waals surface area contributed by atoms with E-state index in [0.29, 0.717) is 11.4 Å². The molecule has 4 nitrogen and oxygen atoms in total. The van der Waals surface area contributed by atoms with Gasteiger partial charge in [-0.05, 0) is 48.0 Å². The molecule has 4 rings (SSSR count). The molecule has 0 saturated carbocycles. The molecule has 0 radical (unpaired) electrons. The van der Waals surface area contributed by atoms with Crippen molar-refractivity contribution in [1.29, 1.82) is 0 Å². The Kier molecular flexibility index (Phi) is 8.87. The first-order valence-electron chi connectivity index (χ1n) is 9.86. The minimum atomic E-state index is -1.31. The number of benzene rings is 3. The maximum absolute atomic E-state index is 11.3. The van der Waals surface area contributed by atoms with E-state index in [0.717, 1.165) is 26.7 Å². The van der Waals surface area contributed by atoms with Crippen molar-refractivity contribution in [3.63, 3.8) is 0 Å². The fraction of sp³-hybridized carbons (Fsp3) is 0.0370. The molecule has 4 aromatic rings. The van der Waals surface area contributed by atoms with Crippen molar-refractivity contribution in [2.75, 3.05) is 6.61 Å². The second-order valence-electron chi connectivity index (χ2n) is 6.84. The van der Waals surface area contributed by atoms with Gasteiger partial charge in [-0.1, -0.05) is 76.3 Å². The van der Waals surface area contributed by atoms with E-state index in [-0.39, 0.29) is 41.9 Å². The zero-order valence-corrected chi connectivity index (χ0v) is 21.5. The van der Waals surface area contributed by atoms with Crippen molar-refractivity contribution in [3.8, 4) is 40.0 Å². The Balaban J connectivity index is 0.00000306. The van der Waals surface area contributed by atoms with E-state index in [9.17, 15) is 9.90 Å². The average molecular weight is 506 g/mol. The Morgan fingerprint density at radius 2 is 1.61 bits per heavy atom. The quantitative estimate of drug-likeness (QED) is 0.307. The topological polar surface area (TPSA) is 62.2 Å².